The highest BCUT2D eigenvalue weighted by Crippen LogP contribution is 2.39. The van der Waals surface area contributed by atoms with Gasteiger partial charge in [0.1, 0.15) is 5.69 Å². The van der Waals surface area contributed by atoms with Gasteiger partial charge in [0.05, 0.1) is 0 Å². The van der Waals surface area contributed by atoms with Crippen molar-refractivity contribution in [1.82, 2.24) is 9.88 Å². The number of aryl methyl sites for hydroxylation is 1. The van der Waals surface area contributed by atoms with Gasteiger partial charge in [-0.05, 0) is 47.5 Å². The summed E-state index contributed by atoms with van der Waals surface area (Å²) >= 11 is 5.36. The van der Waals surface area contributed by atoms with E-state index < -0.39 is 0 Å². The molecule has 1 saturated carbocycles. The highest BCUT2D eigenvalue weighted by atomic mass is 79.9. The summed E-state index contributed by atoms with van der Waals surface area (Å²) in [6, 6.07) is 1.91. The van der Waals surface area contributed by atoms with Crippen molar-refractivity contribution in [1.29, 1.82) is 0 Å². The number of carbonyl (C=O) groups is 1. The number of halogens is 1. The van der Waals surface area contributed by atoms with Gasteiger partial charge in [0.2, 0.25) is 0 Å². The molecule has 1 fully saturated rings. The predicted molar refractivity (Wildman–Crippen MR) is 89.5 cm³/mol. The highest BCUT2D eigenvalue weighted by molar-refractivity contribution is 9.10. The van der Waals surface area contributed by atoms with Gasteiger partial charge in [-0.3, -0.25) is 4.79 Å². The zero-order valence-corrected chi connectivity index (χ0v) is 14.6. The van der Waals surface area contributed by atoms with Crippen LogP contribution in [0.5, 0.6) is 0 Å². The van der Waals surface area contributed by atoms with Crippen LogP contribution in [0.15, 0.2) is 16.7 Å². The lowest BCUT2D eigenvalue weighted by molar-refractivity contribution is 0.0940. The van der Waals surface area contributed by atoms with Gasteiger partial charge in [-0.15, -0.1) is 0 Å². The lowest BCUT2D eigenvalue weighted by atomic mass is 10.1. The molecule has 0 aliphatic heterocycles. The van der Waals surface area contributed by atoms with Crippen LogP contribution < -0.4 is 5.32 Å². The summed E-state index contributed by atoms with van der Waals surface area (Å²) in [5.74, 6) is 0.0458. The molecule has 2 rings (SSSR count). The standard InChI is InChI=1S/C15H23BrN2OS/c1-3-8-18-10-12(16)9-13(18)14(19)17-11-15(20-2)6-4-5-7-15/h9-10H,3-8,11H2,1-2H3,(H,17,19). The molecule has 0 atom stereocenters. The van der Waals surface area contributed by atoms with Gasteiger partial charge in [0, 0.05) is 28.5 Å². The van der Waals surface area contributed by atoms with Crippen LogP contribution in [0.25, 0.3) is 0 Å². The first-order chi connectivity index (χ1) is 9.60. The van der Waals surface area contributed by atoms with Gasteiger partial charge in [-0.1, -0.05) is 19.8 Å². The van der Waals surface area contributed by atoms with Crippen LogP contribution in [0.4, 0.5) is 0 Å². The first kappa shape index (κ1) is 16.0. The lowest BCUT2D eigenvalue weighted by Crippen LogP contribution is -2.39. The Morgan fingerprint density at radius 3 is 2.80 bits per heavy atom. The van der Waals surface area contributed by atoms with Gasteiger partial charge in [-0.25, -0.2) is 0 Å². The van der Waals surface area contributed by atoms with Crippen LogP contribution in [0, 0.1) is 0 Å². The fraction of sp³-hybridized carbons (Fsp3) is 0.667. The Morgan fingerprint density at radius 1 is 1.50 bits per heavy atom. The predicted octanol–water partition coefficient (Wildman–Crippen LogP) is 4.07. The summed E-state index contributed by atoms with van der Waals surface area (Å²) in [5.41, 5.74) is 0.757. The van der Waals surface area contributed by atoms with Crippen molar-refractivity contribution in [3.63, 3.8) is 0 Å². The molecule has 5 heteroatoms. The molecule has 1 N–H and O–H groups in total. The third kappa shape index (κ3) is 3.61. The SMILES string of the molecule is CCCn1cc(Br)cc1C(=O)NCC1(SC)CCCC1. The number of rotatable bonds is 6. The monoisotopic (exact) mass is 358 g/mol. The quantitative estimate of drug-likeness (QED) is 0.831. The Labute approximate surface area is 134 Å². The maximum absolute atomic E-state index is 12.4. The molecule has 1 aromatic heterocycles. The summed E-state index contributed by atoms with van der Waals surface area (Å²) in [4.78, 5) is 12.4. The average Bonchev–Trinajstić information content (AvgIpc) is 3.04. The van der Waals surface area contributed by atoms with Gasteiger partial charge in [0.25, 0.3) is 5.91 Å². The highest BCUT2D eigenvalue weighted by Gasteiger charge is 2.33. The van der Waals surface area contributed by atoms with Crippen molar-refractivity contribution in [3.8, 4) is 0 Å². The number of aromatic nitrogens is 1. The molecule has 1 heterocycles. The number of amides is 1. The average molecular weight is 359 g/mol. The number of hydrogen-bond donors (Lipinski definition) is 1. The summed E-state index contributed by atoms with van der Waals surface area (Å²) in [5, 5.41) is 3.14. The van der Waals surface area contributed by atoms with Crippen molar-refractivity contribution in [2.24, 2.45) is 0 Å². The lowest BCUT2D eigenvalue weighted by Gasteiger charge is -2.27. The van der Waals surface area contributed by atoms with Crippen LogP contribution in [0.3, 0.4) is 0 Å². The molecule has 1 aromatic rings. The third-order valence-electron chi connectivity index (χ3n) is 4.08. The summed E-state index contributed by atoms with van der Waals surface area (Å²) < 4.78 is 3.26. The van der Waals surface area contributed by atoms with E-state index in [0.29, 0.717) is 0 Å². The molecule has 3 nitrogen and oxygen atoms in total. The Kier molecular flexibility index (Phi) is 5.61. The van der Waals surface area contributed by atoms with E-state index in [1.165, 1.54) is 25.7 Å². The van der Waals surface area contributed by atoms with Crippen molar-refractivity contribution >= 4 is 33.6 Å². The number of thioether (sulfide) groups is 1. The van der Waals surface area contributed by atoms with Crippen molar-refractivity contribution in [3.05, 3.63) is 22.4 Å². The molecule has 1 aliphatic rings. The number of nitrogens with zero attached hydrogens (tertiary/aromatic N) is 1. The minimum atomic E-state index is 0.0458. The molecule has 20 heavy (non-hydrogen) atoms. The van der Waals surface area contributed by atoms with Crippen LogP contribution in [0.1, 0.15) is 49.5 Å². The van der Waals surface area contributed by atoms with Crippen molar-refractivity contribution in [2.45, 2.75) is 50.3 Å². The second kappa shape index (κ2) is 7.03. The molecule has 0 spiro atoms. The van der Waals surface area contributed by atoms with Crippen LogP contribution in [0.2, 0.25) is 0 Å². The van der Waals surface area contributed by atoms with Crippen molar-refractivity contribution < 1.29 is 4.79 Å². The van der Waals surface area contributed by atoms with E-state index in [1.807, 2.05) is 28.6 Å². The molecule has 1 amide bonds. The normalized spacial score (nSPS) is 17.4. The van der Waals surface area contributed by atoms with E-state index in [2.05, 4.69) is 34.4 Å². The maximum Gasteiger partial charge on any atom is 0.267 e. The topological polar surface area (TPSA) is 34.0 Å². The Morgan fingerprint density at radius 2 is 2.20 bits per heavy atom. The Hall–Kier alpha value is -0.420. The van der Waals surface area contributed by atoms with Crippen LogP contribution in [-0.2, 0) is 6.54 Å². The van der Waals surface area contributed by atoms with Gasteiger partial charge in [0.15, 0.2) is 0 Å². The molecular formula is C15H23BrN2OS. The number of nitrogens with one attached hydrogen (secondary N) is 1. The van der Waals surface area contributed by atoms with E-state index in [1.54, 1.807) is 0 Å². The zero-order chi connectivity index (χ0) is 14.6. The maximum atomic E-state index is 12.4. The molecule has 0 saturated heterocycles. The van der Waals surface area contributed by atoms with Gasteiger partial charge in [-0.2, -0.15) is 11.8 Å². The minimum Gasteiger partial charge on any atom is -0.349 e. The zero-order valence-electron chi connectivity index (χ0n) is 12.2. The van der Waals surface area contributed by atoms with Crippen molar-refractivity contribution in [2.75, 3.05) is 12.8 Å². The fourth-order valence-electron chi connectivity index (χ4n) is 2.90. The largest absolute Gasteiger partial charge is 0.349 e. The Balaban J connectivity index is 2.01. The fourth-order valence-corrected chi connectivity index (χ4v) is 4.27. The first-order valence-electron chi connectivity index (χ1n) is 7.29. The Bertz CT molecular complexity index is 466. The van der Waals surface area contributed by atoms with Crippen LogP contribution in [-0.4, -0.2) is 28.0 Å². The smallest absolute Gasteiger partial charge is 0.267 e. The second-order valence-electron chi connectivity index (χ2n) is 5.51. The van der Waals surface area contributed by atoms with E-state index >= 15 is 0 Å². The van der Waals surface area contributed by atoms with E-state index in [9.17, 15) is 4.79 Å². The molecule has 1 aliphatic carbocycles. The summed E-state index contributed by atoms with van der Waals surface area (Å²) in [6.45, 7) is 3.78. The van der Waals surface area contributed by atoms with E-state index in [0.717, 1.165) is 29.7 Å². The molecule has 0 bridgehead atoms. The van der Waals surface area contributed by atoms with E-state index in [4.69, 9.17) is 0 Å². The van der Waals surface area contributed by atoms with Gasteiger partial charge >= 0.3 is 0 Å². The second-order valence-corrected chi connectivity index (χ2v) is 7.70. The van der Waals surface area contributed by atoms with Gasteiger partial charge < -0.3 is 9.88 Å². The summed E-state index contributed by atoms with van der Waals surface area (Å²) in [7, 11) is 0. The summed E-state index contributed by atoms with van der Waals surface area (Å²) in [6.07, 6.45) is 10.2. The molecule has 0 unspecified atom stereocenters. The third-order valence-corrected chi connectivity index (χ3v) is 5.93. The number of hydrogen-bond acceptors (Lipinski definition) is 2. The van der Waals surface area contributed by atoms with E-state index in [-0.39, 0.29) is 10.7 Å². The molecule has 0 radical (unpaired) electrons. The minimum absolute atomic E-state index is 0.0458. The number of carbonyl (C=O) groups excluding carboxylic acids is 1. The van der Waals surface area contributed by atoms with Crippen LogP contribution >= 0.6 is 27.7 Å². The molecule has 112 valence electrons. The molecule has 0 aromatic carbocycles. The first-order valence-corrected chi connectivity index (χ1v) is 9.31. The molecular weight excluding hydrogens is 336 g/mol.